The van der Waals surface area contributed by atoms with E-state index in [1.165, 1.54) is 5.56 Å². The Morgan fingerprint density at radius 2 is 2.21 bits per heavy atom. The highest BCUT2D eigenvalue weighted by molar-refractivity contribution is 5.76. The van der Waals surface area contributed by atoms with Crippen LogP contribution in [-0.2, 0) is 16.0 Å². The highest BCUT2D eigenvalue weighted by Crippen LogP contribution is 2.29. The van der Waals surface area contributed by atoms with Crippen LogP contribution >= 0.6 is 0 Å². The van der Waals surface area contributed by atoms with Gasteiger partial charge in [-0.05, 0) is 24.1 Å². The molecule has 0 spiro atoms. The highest BCUT2D eigenvalue weighted by Gasteiger charge is 2.22. The van der Waals surface area contributed by atoms with Crippen LogP contribution in [-0.4, -0.2) is 32.1 Å². The number of hydrogen-bond acceptors (Lipinski definition) is 3. The Morgan fingerprint density at radius 1 is 1.37 bits per heavy atom. The molecule has 4 nitrogen and oxygen atoms in total. The molecule has 0 fully saturated rings. The number of benzene rings is 1. The van der Waals surface area contributed by atoms with E-state index >= 15 is 0 Å². The van der Waals surface area contributed by atoms with Gasteiger partial charge in [0.2, 0.25) is 5.91 Å². The Kier molecular flexibility index (Phi) is 5.36. The summed E-state index contributed by atoms with van der Waals surface area (Å²) in [6.45, 7) is 5.15. The SMILES string of the molecule is CCNCCNC(=O)CC1OCCc2ccccc21. The van der Waals surface area contributed by atoms with E-state index in [-0.39, 0.29) is 12.0 Å². The van der Waals surface area contributed by atoms with Crippen molar-refractivity contribution in [1.82, 2.24) is 10.6 Å². The van der Waals surface area contributed by atoms with E-state index < -0.39 is 0 Å². The topological polar surface area (TPSA) is 50.4 Å². The molecule has 0 saturated carbocycles. The number of nitrogens with one attached hydrogen (secondary N) is 2. The minimum absolute atomic E-state index is 0.0552. The molecule has 1 aliphatic heterocycles. The first-order chi connectivity index (χ1) is 9.31. The average molecular weight is 262 g/mol. The first-order valence-corrected chi connectivity index (χ1v) is 6.98. The molecular weight excluding hydrogens is 240 g/mol. The van der Waals surface area contributed by atoms with E-state index in [1.807, 2.05) is 12.1 Å². The molecule has 1 aromatic carbocycles. The molecule has 1 amide bonds. The number of hydrogen-bond donors (Lipinski definition) is 2. The lowest BCUT2D eigenvalue weighted by molar-refractivity contribution is -0.124. The summed E-state index contributed by atoms with van der Waals surface area (Å²) >= 11 is 0. The largest absolute Gasteiger partial charge is 0.373 e. The van der Waals surface area contributed by atoms with E-state index in [0.717, 1.165) is 25.1 Å². The molecule has 0 bridgehead atoms. The Balaban J connectivity index is 1.85. The van der Waals surface area contributed by atoms with Crippen molar-refractivity contribution < 1.29 is 9.53 Å². The molecule has 1 heterocycles. The van der Waals surface area contributed by atoms with Crippen molar-refractivity contribution in [3.05, 3.63) is 35.4 Å². The Bertz CT molecular complexity index is 420. The zero-order valence-electron chi connectivity index (χ0n) is 11.4. The number of rotatable bonds is 6. The highest BCUT2D eigenvalue weighted by atomic mass is 16.5. The van der Waals surface area contributed by atoms with E-state index in [0.29, 0.717) is 19.6 Å². The Labute approximate surface area is 114 Å². The average Bonchev–Trinajstić information content (AvgIpc) is 2.44. The van der Waals surface area contributed by atoms with Crippen molar-refractivity contribution in [3.8, 4) is 0 Å². The van der Waals surface area contributed by atoms with Crippen LogP contribution in [0.5, 0.6) is 0 Å². The predicted molar refractivity (Wildman–Crippen MR) is 75.0 cm³/mol. The van der Waals surface area contributed by atoms with Gasteiger partial charge in [0.25, 0.3) is 0 Å². The molecular formula is C15H22N2O2. The van der Waals surface area contributed by atoms with Gasteiger partial charge >= 0.3 is 0 Å². The maximum absolute atomic E-state index is 11.9. The second-order valence-electron chi connectivity index (χ2n) is 4.72. The van der Waals surface area contributed by atoms with Crippen molar-refractivity contribution >= 4 is 5.91 Å². The van der Waals surface area contributed by atoms with Crippen LogP contribution in [0.4, 0.5) is 0 Å². The van der Waals surface area contributed by atoms with Crippen molar-refractivity contribution in [2.45, 2.75) is 25.9 Å². The summed E-state index contributed by atoms with van der Waals surface area (Å²) in [7, 11) is 0. The molecule has 104 valence electrons. The van der Waals surface area contributed by atoms with Crippen LogP contribution in [0.1, 0.15) is 30.6 Å². The molecule has 0 radical (unpaired) electrons. The summed E-state index contributed by atoms with van der Waals surface area (Å²) in [5.74, 6) is 0.0552. The van der Waals surface area contributed by atoms with Crippen LogP contribution in [0.3, 0.4) is 0 Å². The van der Waals surface area contributed by atoms with Gasteiger partial charge < -0.3 is 15.4 Å². The van der Waals surface area contributed by atoms with Crippen LogP contribution < -0.4 is 10.6 Å². The van der Waals surface area contributed by atoms with E-state index in [2.05, 4.69) is 29.7 Å². The molecule has 0 saturated heterocycles. The molecule has 1 unspecified atom stereocenters. The molecule has 2 rings (SSSR count). The standard InChI is InChI=1S/C15H22N2O2/c1-2-16-8-9-17-15(18)11-14-13-6-4-3-5-12(13)7-10-19-14/h3-6,14,16H,2,7-11H2,1H3,(H,17,18). The number of carbonyl (C=O) groups is 1. The van der Waals surface area contributed by atoms with E-state index in [9.17, 15) is 4.79 Å². The lowest BCUT2D eigenvalue weighted by atomic mass is 9.96. The summed E-state index contributed by atoms with van der Waals surface area (Å²) < 4.78 is 5.73. The minimum Gasteiger partial charge on any atom is -0.373 e. The van der Waals surface area contributed by atoms with Gasteiger partial charge in [-0.2, -0.15) is 0 Å². The molecule has 0 aliphatic carbocycles. The third-order valence-electron chi connectivity index (χ3n) is 3.34. The van der Waals surface area contributed by atoms with Gasteiger partial charge in [0.05, 0.1) is 19.1 Å². The van der Waals surface area contributed by atoms with Crippen molar-refractivity contribution in [1.29, 1.82) is 0 Å². The van der Waals surface area contributed by atoms with Gasteiger partial charge in [0, 0.05) is 13.1 Å². The second kappa shape index (κ2) is 7.26. The predicted octanol–water partition coefficient (Wildman–Crippen LogP) is 1.42. The summed E-state index contributed by atoms with van der Waals surface area (Å²) in [5, 5.41) is 6.09. The third-order valence-corrected chi connectivity index (χ3v) is 3.34. The first kappa shape index (κ1) is 14.0. The number of amides is 1. The molecule has 1 aliphatic rings. The minimum atomic E-state index is -0.0934. The Hall–Kier alpha value is -1.39. The fourth-order valence-corrected chi connectivity index (χ4v) is 2.35. The second-order valence-corrected chi connectivity index (χ2v) is 4.72. The van der Waals surface area contributed by atoms with Crippen molar-refractivity contribution in [3.63, 3.8) is 0 Å². The van der Waals surface area contributed by atoms with Gasteiger partial charge in [-0.15, -0.1) is 0 Å². The van der Waals surface area contributed by atoms with Crippen molar-refractivity contribution in [2.24, 2.45) is 0 Å². The number of likely N-dealkylation sites (N-methyl/N-ethyl adjacent to an activating group) is 1. The number of ether oxygens (including phenoxy) is 1. The maximum atomic E-state index is 11.9. The zero-order valence-corrected chi connectivity index (χ0v) is 11.4. The summed E-state index contributed by atoms with van der Waals surface area (Å²) in [5.41, 5.74) is 2.47. The van der Waals surface area contributed by atoms with Crippen LogP contribution in [0.25, 0.3) is 0 Å². The quantitative estimate of drug-likeness (QED) is 0.762. The normalized spacial score (nSPS) is 17.8. The van der Waals surface area contributed by atoms with Crippen LogP contribution in [0.15, 0.2) is 24.3 Å². The van der Waals surface area contributed by atoms with E-state index in [4.69, 9.17) is 4.74 Å². The molecule has 2 N–H and O–H groups in total. The third kappa shape index (κ3) is 4.04. The number of fused-ring (bicyclic) bond motifs is 1. The molecule has 1 aromatic rings. The molecule has 4 heteroatoms. The maximum Gasteiger partial charge on any atom is 0.223 e. The fourth-order valence-electron chi connectivity index (χ4n) is 2.35. The van der Waals surface area contributed by atoms with E-state index in [1.54, 1.807) is 0 Å². The van der Waals surface area contributed by atoms with Gasteiger partial charge in [0.15, 0.2) is 0 Å². The van der Waals surface area contributed by atoms with Gasteiger partial charge in [-0.3, -0.25) is 4.79 Å². The molecule has 0 aromatic heterocycles. The fraction of sp³-hybridized carbons (Fsp3) is 0.533. The lowest BCUT2D eigenvalue weighted by Crippen LogP contribution is -2.33. The first-order valence-electron chi connectivity index (χ1n) is 6.98. The summed E-state index contributed by atoms with van der Waals surface area (Å²) in [6, 6.07) is 8.22. The van der Waals surface area contributed by atoms with Crippen LogP contribution in [0.2, 0.25) is 0 Å². The summed E-state index contributed by atoms with van der Waals surface area (Å²) in [4.78, 5) is 11.9. The Morgan fingerprint density at radius 3 is 3.05 bits per heavy atom. The smallest absolute Gasteiger partial charge is 0.223 e. The van der Waals surface area contributed by atoms with Gasteiger partial charge in [-0.1, -0.05) is 31.2 Å². The zero-order chi connectivity index (χ0) is 13.5. The van der Waals surface area contributed by atoms with Crippen LogP contribution in [0, 0.1) is 0 Å². The van der Waals surface area contributed by atoms with Crippen molar-refractivity contribution in [2.75, 3.05) is 26.2 Å². The van der Waals surface area contributed by atoms with Gasteiger partial charge in [-0.25, -0.2) is 0 Å². The number of carbonyl (C=O) groups excluding carboxylic acids is 1. The van der Waals surface area contributed by atoms with Gasteiger partial charge in [0.1, 0.15) is 0 Å². The molecule has 1 atom stereocenters. The summed E-state index contributed by atoms with van der Waals surface area (Å²) in [6.07, 6.45) is 1.25. The lowest BCUT2D eigenvalue weighted by Gasteiger charge is -2.25. The monoisotopic (exact) mass is 262 g/mol. The molecule has 19 heavy (non-hydrogen) atoms.